The van der Waals surface area contributed by atoms with Gasteiger partial charge in [-0.15, -0.1) is 0 Å². The number of nitrogens with two attached hydrogens (primary N) is 1. The van der Waals surface area contributed by atoms with E-state index < -0.39 is 0 Å². The van der Waals surface area contributed by atoms with E-state index in [2.05, 4.69) is 9.88 Å². The number of rotatable bonds is 3. The molecule has 1 aliphatic heterocycles. The SMILES string of the molecule is Nc1cccnc1N1CCN(C(=O)CC2CC2)CC1. The molecule has 0 unspecified atom stereocenters. The molecule has 1 saturated carbocycles. The van der Waals surface area contributed by atoms with E-state index in [4.69, 9.17) is 5.73 Å². The number of pyridine rings is 1. The smallest absolute Gasteiger partial charge is 0.222 e. The van der Waals surface area contributed by atoms with Crippen molar-refractivity contribution in [2.45, 2.75) is 19.3 Å². The standard InChI is InChI=1S/C14H20N4O/c15-12-2-1-5-16-14(12)18-8-6-17(7-9-18)13(19)10-11-3-4-11/h1-2,5,11H,3-4,6-10,15H2. The zero-order valence-corrected chi connectivity index (χ0v) is 11.1. The van der Waals surface area contributed by atoms with E-state index in [0.717, 1.165) is 38.4 Å². The van der Waals surface area contributed by atoms with Crippen molar-refractivity contribution in [3.63, 3.8) is 0 Å². The molecule has 102 valence electrons. The lowest BCUT2D eigenvalue weighted by Crippen LogP contribution is -2.49. The molecule has 1 amide bonds. The predicted octanol–water partition coefficient (Wildman–Crippen LogP) is 1.11. The molecule has 0 spiro atoms. The van der Waals surface area contributed by atoms with E-state index >= 15 is 0 Å². The molecular weight excluding hydrogens is 240 g/mol. The van der Waals surface area contributed by atoms with E-state index in [1.165, 1.54) is 12.8 Å². The lowest BCUT2D eigenvalue weighted by molar-refractivity contribution is -0.131. The summed E-state index contributed by atoms with van der Waals surface area (Å²) in [4.78, 5) is 20.5. The van der Waals surface area contributed by atoms with Gasteiger partial charge in [0, 0.05) is 38.8 Å². The van der Waals surface area contributed by atoms with E-state index in [1.54, 1.807) is 6.20 Å². The van der Waals surface area contributed by atoms with Crippen LogP contribution >= 0.6 is 0 Å². The van der Waals surface area contributed by atoms with Crippen LogP contribution in [-0.4, -0.2) is 42.0 Å². The molecule has 5 heteroatoms. The van der Waals surface area contributed by atoms with Gasteiger partial charge in [0.15, 0.2) is 5.82 Å². The Bertz CT molecular complexity index is 464. The van der Waals surface area contributed by atoms with Crippen LogP contribution in [0.25, 0.3) is 0 Å². The van der Waals surface area contributed by atoms with Crippen molar-refractivity contribution in [1.29, 1.82) is 0 Å². The first-order valence-corrected chi connectivity index (χ1v) is 6.97. The van der Waals surface area contributed by atoms with Gasteiger partial charge < -0.3 is 15.5 Å². The number of carbonyl (C=O) groups excluding carboxylic acids is 1. The number of piperazine rings is 1. The third-order valence-corrected chi connectivity index (χ3v) is 3.91. The van der Waals surface area contributed by atoms with Crippen LogP contribution in [0.4, 0.5) is 11.5 Å². The van der Waals surface area contributed by atoms with Crippen LogP contribution in [0.3, 0.4) is 0 Å². The van der Waals surface area contributed by atoms with Gasteiger partial charge in [-0.05, 0) is 30.9 Å². The number of anilines is 2. The van der Waals surface area contributed by atoms with Gasteiger partial charge in [0.25, 0.3) is 0 Å². The van der Waals surface area contributed by atoms with Gasteiger partial charge in [-0.25, -0.2) is 4.98 Å². The topological polar surface area (TPSA) is 62.5 Å². The number of aromatic nitrogens is 1. The maximum absolute atomic E-state index is 12.0. The van der Waals surface area contributed by atoms with Crippen molar-refractivity contribution in [3.8, 4) is 0 Å². The normalized spacial score (nSPS) is 19.6. The van der Waals surface area contributed by atoms with Gasteiger partial charge in [0.1, 0.15) is 0 Å². The largest absolute Gasteiger partial charge is 0.396 e. The maximum Gasteiger partial charge on any atom is 0.222 e. The van der Waals surface area contributed by atoms with Crippen LogP contribution < -0.4 is 10.6 Å². The van der Waals surface area contributed by atoms with E-state index in [9.17, 15) is 4.79 Å². The highest BCUT2D eigenvalue weighted by molar-refractivity contribution is 5.77. The summed E-state index contributed by atoms with van der Waals surface area (Å²) < 4.78 is 0. The van der Waals surface area contributed by atoms with Crippen molar-refractivity contribution in [3.05, 3.63) is 18.3 Å². The van der Waals surface area contributed by atoms with Crippen LogP contribution in [0.15, 0.2) is 18.3 Å². The minimum atomic E-state index is 0.316. The number of nitrogen functional groups attached to an aromatic ring is 1. The minimum absolute atomic E-state index is 0.316. The molecule has 19 heavy (non-hydrogen) atoms. The molecule has 0 aromatic carbocycles. The lowest BCUT2D eigenvalue weighted by atomic mass is 10.2. The second-order valence-corrected chi connectivity index (χ2v) is 5.43. The average Bonchev–Trinajstić information content (AvgIpc) is 3.23. The summed E-state index contributed by atoms with van der Waals surface area (Å²) in [5.41, 5.74) is 6.64. The Morgan fingerprint density at radius 2 is 2.05 bits per heavy atom. The Morgan fingerprint density at radius 3 is 2.68 bits per heavy atom. The summed E-state index contributed by atoms with van der Waals surface area (Å²) in [7, 11) is 0. The summed E-state index contributed by atoms with van der Waals surface area (Å²) in [6, 6.07) is 3.71. The first-order chi connectivity index (χ1) is 9.24. The highest BCUT2D eigenvalue weighted by Gasteiger charge is 2.29. The van der Waals surface area contributed by atoms with Gasteiger partial charge in [0.2, 0.25) is 5.91 Å². The maximum atomic E-state index is 12.0. The fourth-order valence-corrected chi connectivity index (χ4v) is 2.54. The fourth-order valence-electron chi connectivity index (χ4n) is 2.54. The van der Waals surface area contributed by atoms with Crippen molar-refractivity contribution in [2.75, 3.05) is 36.8 Å². The molecule has 0 bridgehead atoms. The monoisotopic (exact) mass is 260 g/mol. The molecule has 2 fully saturated rings. The first kappa shape index (κ1) is 12.3. The molecule has 5 nitrogen and oxygen atoms in total. The molecule has 1 aliphatic carbocycles. The van der Waals surface area contributed by atoms with Crippen LogP contribution in [0.2, 0.25) is 0 Å². The number of nitrogens with zero attached hydrogens (tertiary/aromatic N) is 3. The molecule has 0 atom stereocenters. The lowest BCUT2D eigenvalue weighted by Gasteiger charge is -2.35. The van der Waals surface area contributed by atoms with Gasteiger partial charge in [-0.1, -0.05) is 0 Å². The highest BCUT2D eigenvalue weighted by Crippen LogP contribution is 2.33. The molecule has 1 saturated heterocycles. The Hall–Kier alpha value is -1.78. The zero-order chi connectivity index (χ0) is 13.2. The third-order valence-electron chi connectivity index (χ3n) is 3.91. The van der Waals surface area contributed by atoms with E-state index in [-0.39, 0.29) is 0 Å². The summed E-state index contributed by atoms with van der Waals surface area (Å²) >= 11 is 0. The first-order valence-electron chi connectivity index (χ1n) is 6.97. The number of hydrogen-bond acceptors (Lipinski definition) is 4. The summed E-state index contributed by atoms with van der Waals surface area (Å²) in [5.74, 6) is 1.82. The van der Waals surface area contributed by atoms with Gasteiger partial charge in [-0.2, -0.15) is 0 Å². The molecule has 2 aliphatic rings. The molecular formula is C14H20N4O. The fraction of sp³-hybridized carbons (Fsp3) is 0.571. The number of amides is 1. The molecule has 1 aromatic heterocycles. The quantitative estimate of drug-likeness (QED) is 0.884. The molecule has 0 radical (unpaired) electrons. The Balaban J connectivity index is 1.57. The van der Waals surface area contributed by atoms with Gasteiger partial charge in [-0.3, -0.25) is 4.79 Å². The minimum Gasteiger partial charge on any atom is -0.396 e. The van der Waals surface area contributed by atoms with Crippen molar-refractivity contribution in [2.24, 2.45) is 5.92 Å². The highest BCUT2D eigenvalue weighted by atomic mass is 16.2. The van der Waals surface area contributed by atoms with Crippen molar-refractivity contribution < 1.29 is 4.79 Å². The Kier molecular flexibility index (Phi) is 3.27. The number of hydrogen-bond donors (Lipinski definition) is 1. The average molecular weight is 260 g/mol. The molecule has 2 N–H and O–H groups in total. The Morgan fingerprint density at radius 1 is 1.32 bits per heavy atom. The van der Waals surface area contributed by atoms with Crippen LogP contribution in [-0.2, 0) is 4.79 Å². The third kappa shape index (κ3) is 2.80. The predicted molar refractivity (Wildman–Crippen MR) is 74.8 cm³/mol. The Labute approximate surface area is 113 Å². The van der Waals surface area contributed by atoms with E-state index in [0.29, 0.717) is 17.5 Å². The molecule has 3 rings (SSSR count). The second-order valence-electron chi connectivity index (χ2n) is 5.43. The number of carbonyl (C=O) groups is 1. The summed E-state index contributed by atoms with van der Waals surface area (Å²) in [5, 5.41) is 0. The summed E-state index contributed by atoms with van der Waals surface area (Å²) in [6.45, 7) is 3.19. The van der Waals surface area contributed by atoms with E-state index in [1.807, 2.05) is 17.0 Å². The summed E-state index contributed by atoms with van der Waals surface area (Å²) in [6.07, 6.45) is 4.97. The van der Waals surface area contributed by atoms with Crippen molar-refractivity contribution >= 4 is 17.4 Å². The van der Waals surface area contributed by atoms with Crippen LogP contribution in [0.5, 0.6) is 0 Å². The van der Waals surface area contributed by atoms with Gasteiger partial charge >= 0.3 is 0 Å². The van der Waals surface area contributed by atoms with Crippen LogP contribution in [0, 0.1) is 5.92 Å². The van der Waals surface area contributed by atoms with Crippen molar-refractivity contribution in [1.82, 2.24) is 9.88 Å². The van der Waals surface area contributed by atoms with Crippen LogP contribution in [0.1, 0.15) is 19.3 Å². The van der Waals surface area contributed by atoms with Gasteiger partial charge in [0.05, 0.1) is 5.69 Å². The molecule has 1 aromatic rings. The zero-order valence-electron chi connectivity index (χ0n) is 11.1. The second kappa shape index (κ2) is 5.07. The molecule has 2 heterocycles.